The third-order valence-corrected chi connectivity index (χ3v) is 4.81. The standard InChI is InChI=1S/C9H3Br2Cl2N3OS/c10-4-1-3(6(11)18-4)9(17)16-5-7(12)14-2-15-8(5)13/h1-2H,(H,16,17). The largest absolute Gasteiger partial charge is 0.317 e. The van der Waals surface area contributed by atoms with Crippen LogP contribution in [0.5, 0.6) is 0 Å². The van der Waals surface area contributed by atoms with Gasteiger partial charge in [-0.1, -0.05) is 23.2 Å². The Labute approximate surface area is 133 Å². The molecule has 0 saturated carbocycles. The minimum Gasteiger partial charge on any atom is -0.317 e. The van der Waals surface area contributed by atoms with Gasteiger partial charge in [0.05, 0.1) is 13.1 Å². The first-order valence-corrected chi connectivity index (χ1v) is 7.57. The fourth-order valence-electron chi connectivity index (χ4n) is 1.12. The molecule has 0 aliphatic carbocycles. The van der Waals surface area contributed by atoms with Gasteiger partial charge in [-0.3, -0.25) is 4.79 Å². The van der Waals surface area contributed by atoms with Crippen LogP contribution in [0, 0.1) is 0 Å². The van der Waals surface area contributed by atoms with Crippen molar-refractivity contribution >= 4 is 78.0 Å². The molecule has 1 N–H and O–H groups in total. The number of hydrogen-bond donors (Lipinski definition) is 1. The molecule has 0 unspecified atom stereocenters. The molecule has 0 aliphatic heterocycles. The van der Waals surface area contributed by atoms with Gasteiger partial charge in [0.25, 0.3) is 5.91 Å². The number of nitrogens with one attached hydrogen (secondary N) is 1. The van der Waals surface area contributed by atoms with Crippen LogP contribution < -0.4 is 5.32 Å². The van der Waals surface area contributed by atoms with E-state index in [0.29, 0.717) is 9.35 Å². The van der Waals surface area contributed by atoms with Crippen LogP contribution in [-0.2, 0) is 0 Å². The second kappa shape index (κ2) is 5.83. The zero-order valence-electron chi connectivity index (χ0n) is 8.38. The quantitative estimate of drug-likeness (QED) is 0.706. The Bertz CT molecular complexity index is 600. The number of anilines is 1. The highest BCUT2D eigenvalue weighted by molar-refractivity contribution is 9.12. The number of halogens is 4. The lowest BCUT2D eigenvalue weighted by atomic mass is 10.3. The van der Waals surface area contributed by atoms with Gasteiger partial charge >= 0.3 is 0 Å². The second-order valence-electron chi connectivity index (χ2n) is 3.02. The lowest BCUT2D eigenvalue weighted by molar-refractivity contribution is 0.102. The zero-order chi connectivity index (χ0) is 13.3. The number of rotatable bonds is 2. The van der Waals surface area contributed by atoms with E-state index >= 15 is 0 Å². The minimum atomic E-state index is -0.345. The van der Waals surface area contributed by atoms with Crippen LogP contribution in [-0.4, -0.2) is 15.9 Å². The van der Waals surface area contributed by atoms with Crippen LogP contribution in [0.3, 0.4) is 0 Å². The molecule has 0 radical (unpaired) electrons. The molecule has 94 valence electrons. The van der Waals surface area contributed by atoms with E-state index in [-0.39, 0.29) is 21.9 Å². The summed E-state index contributed by atoms with van der Waals surface area (Å²) in [5.74, 6) is -0.345. The Balaban J connectivity index is 2.30. The molecule has 4 nitrogen and oxygen atoms in total. The summed E-state index contributed by atoms with van der Waals surface area (Å²) in [6.45, 7) is 0. The predicted octanol–water partition coefficient (Wildman–Crippen LogP) is 4.62. The van der Waals surface area contributed by atoms with Gasteiger partial charge in [-0.25, -0.2) is 9.97 Å². The predicted molar refractivity (Wildman–Crippen MR) is 79.7 cm³/mol. The van der Waals surface area contributed by atoms with Crippen molar-refractivity contribution in [2.75, 3.05) is 5.32 Å². The molecule has 0 atom stereocenters. The average molecular weight is 432 g/mol. The van der Waals surface area contributed by atoms with E-state index in [0.717, 1.165) is 3.79 Å². The lowest BCUT2D eigenvalue weighted by Crippen LogP contribution is -2.13. The van der Waals surface area contributed by atoms with E-state index in [1.165, 1.54) is 17.7 Å². The summed E-state index contributed by atoms with van der Waals surface area (Å²) >= 11 is 19.7. The maximum absolute atomic E-state index is 12.0. The summed E-state index contributed by atoms with van der Waals surface area (Å²) in [6, 6.07) is 1.69. The third kappa shape index (κ3) is 3.03. The summed E-state index contributed by atoms with van der Waals surface area (Å²) in [5.41, 5.74) is 0.669. The molecule has 0 aliphatic rings. The fraction of sp³-hybridized carbons (Fsp3) is 0. The number of carbonyl (C=O) groups excluding carboxylic acids is 1. The van der Waals surface area contributed by atoms with Crippen LogP contribution in [0.4, 0.5) is 5.69 Å². The van der Waals surface area contributed by atoms with E-state index in [4.69, 9.17) is 23.2 Å². The highest BCUT2D eigenvalue weighted by Crippen LogP contribution is 2.33. The monoisotopic (exact) mass is 429 g/mol. The van der Waals surface area contributed by atoms with Gasteiger partial charge < -0.3 is 5.32 Å². The van der Waals surface area contributed by atoms with Crippen LogP contribution >= 0.6 is 66.4 Å². The van der Waals surface area contributed by atoms with Crippen LogP contribution in [0.2, 0.25) is 10.3 Å². The van der Waals surface area contributed by atoms with E-state index in [1.807, 2.05) is 0 Å². The number of nitrogens with zero attached hydrogens (tertiary/aromatic N) is 2. The summed E-state index contributed by atoms with van der Waals surface area (Å²) < 4.78 is 1.54. The van der Waals surface area contributed by atoms with Crippen molar-refractivity contribution in [1.29, 1.82) is 0 Å². The summed E-state index contributed by atoms with van der Waals surface area (Å²) in [6.07, 6.45) is 1.22. The van der Waals surface area contributed by atoms with Gasteiger partial charge in [-0.15, -0.1) is 11.3 Å². The fourth-order valence-corrected chi connectivity index (χ4v) is 4.33. The third-order valence-electron chi connectivity index (χ3n) is 1.89. The first-order valence-electron chi connectivity index (χ1n) is 4.41. The lowest BCUT2D eigenvalue weighted by Gasteiger charge is -2.06. The smallest absolute Gasteiger partial charge is 0.257 e. The Kier molecular flexibility index (Phi) is 4.60. The normalized spacial score (nSPS) is 10.4. The van der Waals surface area contributed by atoms with Crippen LogP contribution in [0.15, 0.2) is 20.0 Å². The number of thiophene rings is 1. The molecule has 18 heavy (non-hydrogen) atoms. The summed E-state index contributed by atoms with van der Waals surface area (Å²) in [5, 5.41) is 2.76. The van der Waals surface area contributed by atoms with Crippen molar-refractivity contribution in [2.45, 2.75) is 0 Å². The maximum Gasteiger partial charge on any atom is 0.257 e. The minimum absolute atomic E-state index is 0.0915. The molecule has 9 heteroatoms. The molecule has 0 bridgehead atoms. The highest BCUT2D eigenvalue weighted by Gasteiger charge is 2.17. The van der Waals surface area contributed by atoms with Crippen molar-refractivity contribution in [1.82, 2.24) is 9.97 Å². The van der Waals surface area contributed by atoms with Gasteiger partial charge in [0, 0.05) is 0 Å². The van der Waals surface area contributed by atoms with Gasteiger partial charge in [0.15, 0.2) is 10.3 Å². The SMILES string of the molecule is O=C(Nc1c(Cl)ncnc1Cl)c1cc(Br)sc1Br. The van der Waals surface area contributed by atoms with Crippen molar-refractivity contribution < 1.29 is 4.79 Å². The zero-order valence-corrected chi connectivity index (χ0v) is 13.9. The van der Waals surface area contributed by atoms with Crippen LogP contribution in [0.25, 0.3) is 0 Å². The molecular weight excluding hydrogens is 429 g/mol. The van der Waals surface area contributed by atoms with Crippen molar-refractivity contribution in [3.05, 3.63) is 35.8 Å². The topological polar surface area (TPSA) is 54.9 Å². The van der Waals surface area contributed by atoms with Crippen molar-refractivity contribution in [3.63, 3.8) is 0 Å². The molecule has 1 amide bonds. The maximum atomic E-state index is 12.0. The number of carbonyl (C=O) groups is 1. The van der Waals surface area contributed by atoms with Gasteiger partial charge in [0.1, 0.15) is 12.0 Å². The molecule has 0 saturated heterocycles. The molecule has 2 aromatic rings. The molecule has 2 heterocycles. The molecule has 2 aromatic heterocycles. The van der Waals surface area contributed by atoms with Gasteiger partial charge in [-0.05, 0) is 37.9 Å². The molecule has 0 aromatic carbocycles. The highest BCUT2D eigenvalue weighted by atomic mass is 79.9. The van der Waals surface area contributed by atoms with E-state index < -0.39 is 0 Å². The number of amides is 1. The van der Waals surface area contributed by atoms with Crippen molar-refractivity contribution in [3.8, 4) is 0 Å². The Morgan fingerprint density at radius 3 is 2.39 bits per heavy atom. The number of aromatic nitrogens is 2. The first-order chi connectivity index (χ1) is 8.49. The average Bonchev–Trinajstić information content (AvgIpc) is 2.63. The second-order valence-corrected chi connectivity index (χ2v) is 7.49. The molecule has 0 fully saturated rings. The first kappa shape index (κ1) is 14.2. The Hall–Kier alpha value is -0.210. The van der Waals surface area contributed by atoms with Crippen LogP contribution in [0.1, 0.15) is 10.4 Å². The molecule has 2 rings (SSSR count). The van der Waals surface area contributed by atoms with E-state index in [2.05, 4.69) is 47.1 Å². The molecular formula is C9H3Br2Cl2N3OS. The van der Waals surface area contributed by atoms with Crippen molar-refractivity contribution in [2.24, 2.45) is 0 Å². The van der Waals surface area contributed by atoms with E-state index in [9.17, 15) is 4.79 Å². The van der Waals surface area contributed by atoms with Gasteiger partial charge in [0.2, 0.25) is 0 Å². The van der Waals surface area contributed by atoms with E-state index in [1.54, 1.807) is 6.07 Å². The van der Waals surface area contributed by atoms with Gasteiger partial charge in [-0.2, -0.15) is 0 Å². The summed E-state index contributed by atoms with van der Waals surface area (Å²) in [7, 11) is 0. The summed E-state index contributed by atoms with van der Waals surface area (Å²) in [4.78, 5) is 19.5. The Morgan fingerprint density at radius 2 is 1.89 bits per heavy atom. The Morgan fingerprint density at radius 1 is 1.28 bits per heavy atom. The number of hydrogen-bond acceptors (Lipinski definition) is 4. The molecule has 0 spiro atoms.